The molecular formula is C18H21NO6. The lowest BCUT2D eigenvalue weighted by Gasteiger charge is -2.51. The first-order valence-corrected chi connectivity index (χ1v) is 8.27. The molecule has 0 saturated carbocycles. The van der Waals surface area contributed by atoms with E-state index in [0.29, 0.717) is 17.9 Å². The molecule has 0 unspecified atom stereocenters. The number of aliphatic hydroxyl groups is 1. The molecule has 1 aliphatic carbocycles. The number of hydrogen-bond donors (Lipinski definition) is 2. The molecular weight excluding hydrogens is 326 g/mol. The van der Waals surface area contributed by atoms with Crippen molar-refractivity contribution in [2.24, 2.45) is 5.92 Å². The lowest BCUT2D eigenvalue weighted by molar-refractivity contribution is -0.298. The van der Waals surface area contributed by atoms with Gasteiger partial charge in [0.15, 0.2) is 35.1 Å². The van der Waals surface area contributed by atoms with E-state index in [-0.39, 0.29) is 18.4 Å². The maximum Gasteiger partial charge on any atom is 0.182 e. The molecule has 7 nitrogen and oxygen atoms in total. The molecule has 0 spiro atoms. The monoisotopic (exact) mass is 347 g/mol. The summed E-state index contributed by atoms with van der Waals surface area (Å²) in [6, 6.07) is 5.53. The van der Waals surface area contributed by atoms with Crippen LogP contribution in [-0.4, -0.2) is 65.6 Å². The summed E-state index contributed by atoms with van der Waals surface area (Å²) in [7, 11) is 3.40. The van der Waals surface area contributed by atoms with Gasteiger partial charge in [-0.05, 0) is 31.2 Å². The van der Waals surface area contributed by atoms with Crippen LogP contribution < -0.4 is 9.47 Å². The molecule has 1 aromatic rings. The Hall–Kier alpha value is -1.93. The molecule has 25 heavy (non-hydrogen) atoms. The molecule has 1 saturated heterocycles. The van der Waals surface area contributed by atoms with Gasteiger partial charge in [0.2, 0.25) is 0 Å². The number of nitrogens with zero attached hydrogens (tertiary/aromatic N) is 1. The third kappa shape index (κ3) is 2.31. The van der Waals surface area contributed by atoms with Crippen LogP contribution in [0.2, 0.25) is 0 Å². The number of likely N-dealkylation sites (tertiary alicyclic amines) is 1. The summed E-state index contributed by atoms with van der Waals surface area (Å²) in [5.41, 5.74) is -0.761. The molecule has 4 rings (SSSR count). The molecule has 1 fully saturated rings. The standard InChI is InChI=1S/C18H21NO6/c1-19-9-16(20)18(21)11-4-6-14(25-22)17(18)24-15-8-10(7-12(11)19)3-5-13(15)23-2/h3-6,8,11-12,14,17,21-22H,7,9H2,1-2H3/t11-,12-,14+,17-,18-/m1/s1. The Morgan fingerprint density at radius 3 is 2.88 bits per heavy atom. The minimum absolute atomic E-state index is 0.0796. The normalized spacial score (nSPS) is 36.9. The average molecular weight is 347 g/mol. The second-order valence-electron chi connectivity index (χ2n) is 6.94. The van der Waals surface area contributed by atoms with E-state index in [1.807, 2.05) is 24.1 Å². The van der Waals surface area contributed by atoms with Crippen molar-refractivity contribution in [2.75, 3.05) is 20.7 Å². The van der Waals surface area contributed by atoms with Gasteiger partial charge in [-0.15, -0.1) is 0 Å². The van der Waals surface area contributed by atoms with Gasteiger partial charge in [-0.3, -0.25) is 15.0 Å². The lowest BCUT2D eigenvalue weighted by Crippen LogP contribution is -2.71. The van der Waals surface area contributed by atoms with Gasteiger partial charge in [0.1, 0.15) is 0 Å². The predicted octanol–water partition coefficient (Wildman–Crippen LogP) is 0.657. The van der Waals surface area contributed by atoms with E-state index in [0.717, 1.165) is 5.56 Å². The highest BCUT2D eigenvalue weighted by molar-refractivity contribution is 5.92. The molecule has 134 valence electrons. The SMILES string of the molecule is COc1ccc2cc1O[C@@H]1[C@@H](OO)C=C[C@@H]3[C@@H](C2)N(C)CC(=O)[C@]31O. The van der Waals surface area contributed by atoms with Crippen LogP contribution in [0.5, 0.6) is 11.5 Å². The highest BCUT2D eigenvalue weighted by Crippen LogP contribution is 2.44. The van der Waals surface area contributed by atoms with Crippen LogP contribution in [0.1, 0.15) is 5.56 Å². The van der Waals surface area contributed by atoms with E-state index in [1.54, 1.807) is 18.2 Å². The van der Waals surface area contributed by atoms with Crippen LogP contribution in [0.25, 0.3) is 0 Å². The Kier molecular flexibility index (Phi) is 3.84. The number of piperidine rings is 1. The summed E-state index contributed by atoms with van der Waals surface area (Å²) in [5.74, 6) is 0.0990. The molecule has 2 aliphatic heterocycles. The number of methoxy groups -OCH3 is 1. The maximum absolute atomic E-state index is 12.8. The zero-order valence-electron chi connectivity index (χ0n) is 14.1. The second kappa shape index (κ2) is 5.81. The zero-order valence-corrected chi connectivity index (χ0v) is 14.1. The molecule has 6 bridgehead atoms. The second-order valence-corrected chi connectivity index (χ2v) is 6.94. The van der Waals surface area contributed by atoms with Crippen molar-refractivity contribution < 1.29 is 29.5 Å². The largest absolute Gasteiger partial charge is 0.493 e. The number of fused-ring (bicyclic) bond motifs is 2. The van der Waals surface area contributed by atoms with E-state index in [1.165, 1.54) is 7.11 Å². The highest BCUT2D eigenvalue weighted by Gasteiger charge is 2.61. The number of carbonyl (C=O) groups excluding carboxylic acids is 1. The van der Waals surface area contributed by atoms with Gasteiger partial charge in [0.25, 0.3) is 0 Å². The summed E-state index contributed by atoms with van der Waals surface area (Å²) in [5, 5.41) is 20.7. The third-order valence-corrected chi connectivity index (χ3v) is 5.62. The topological polar surface area (TPSA) is 88.5 Å². The summed E-state index contributed by atoms with van der Waals surface area (Å²) in [6.45, 7) is 0.108. The Morgan fingerprint density at radius 1 is 1.36 bits per heavy atom. The maximum atomic E-state index is 12.8. The third-order valence-electron chi connectivity index (χ3n) is 5.62. The molecule has 7 heteroatoms. The fourth-order valence-electron chi connectivity index (χ4n) is 4.28. The number of carbonyl (C=O) groups is 1. The minimum atomic E-state index is -1.78. The first kappa shape index (κ1) is 16.5. The predicted molar refractivity (Wildman–Crippen MR) is 87.6 cm³/mol. The van der Waals surface area contributed by atoms with Gasteiger partial charge >= 0.3 is 0 Å². The van der Waals surface area contributed by atoms with Crippen LogP contribution in [0, 0.1) is 5.92 Å². The van der Waals surface area contributed by atoms with E-state index in [9.17, 15) is 15.2 Å². The molecule has 0 aromatic heterocycles. The molecule has 2 N–H and O–H groups in total. The average Bonchev–Trinajstić information content (AvgIpc) is 2.61. The van der Waals surface area contributed by atoms with E-state index in [2.05, 4.69) is 4.89 Å². The van der Waals surface area contributed by atoms with Gasteiger partial charge < -0.3 is 14.6 Å². The number of hydrogen-bond acceptors (Lipinski definition) is 7. The molecule has 5 atom stereocenters. The quantitative estimate of drug-likeness (QED) is 0.461. The van der Waals surface area contributed by atoms with Crippen LogP contribution in [0.4, 0.5) is 0 Å². The van der Waals surface area contributed by atoms with Gasteiger partial charge in [-0.1, -0.05) is 18.2 Å². The van der Waals surface area contributed by atoms with Crippen molar-refractivity contribution in [1.82, 2.24) is 4.90 Å². The minimum Gasteiger partial charge on any atom is -0.493 e. The van der Waals surface area contributed by atoms with E-state index >= 15 is 0 Å². The highest BCUT2D eigenvalue weighted by atomic mass is 17.1. The van der Waals surface area contributed by atoms with Crippen molar-refractivity contribution >= 4 is 5.78 Å². The van der Waals surface area contributed by atoms with Crippen molar-refractivity contribution in [3.63, 3.8) is 0 Å². The summed E-state index contributed by atoms with van der Waals surface area (Å²) < 4.78 is 11.4. The van der Waals surface area contributed by atoms with Gasteiger partial charge in [0.05, 0.1) is 13.7 Å². The number of Topliss-reactive ketones (excluding diaryl/α,β-unsaturated/α-hetero) is 1. The Bertz CT molecular complexity index is 734. The first-order valence-electron chi connectivity index (χ1n) is 8.27. The van der Waals surface area contributed by atoms with Crippen LogP contribution in [0.3, 0.4) is 0 Å². The number of rotatable bonds is 2. The van der Waals surface area contributed by atoms with Crippen molar-refractivity contribution in [3.8, 4) is 11.5 Å². The number of likely N-dealkylation sites (N-methyl/N-ethyl adjacent to an activating group) is 1. The van der Waals surface area contributed by atoms with Gasteiger partial charge in [-0.2, -0.15) is 0 Å². The first-order chi connectivity index (χ1) is 12.0. The van der Waals surface area contributed by atoms with E-state index < -0.39 is 23.7 Å². The Labute approximate surface area is 145 Å². The number of ketones is 1. The smallest absolute Gasteiger partial charge is 0.182 e. The summed E-state index contributed by atoms with van der Waals surface area (Å²) in [6.07, 6.45) is 2.02. The molecule has 2 heterocycles. The number of ether oxygens (including phenoxy) is 2. The molecule has 0 amide bonds. The van der Waals surface area contributed by atoms with Crippen LogP contribution in [-0.2, 0) is 16.1 Å². The fraction of sp³-hybridized carbons (Fsp3) is 0.500. The van der Waals surface area contributed by atoms with Crippen molar-refractivity contribution in [1.29, 1.82) is 0 Å². The number of benzene rings is 1. The van der Waals surface area contributed by atoms with Crippen molar-refractivity contribution in [2.45, 2.75) is 30.3 Å². The summed E-state index contributed by atoms with van der Waals surface area (Å²) >= 11 is 0. The fourth-order valence-corrected chi connectivity index (χ4v) is 4.28. The van der Waals surface area contributed by atoms with Gasteiger partial charge in [-0.25, -0.2) is 4.89 Å². The van der Waals surface area contributed by atoms with Crippen LogP contribution in [0.15, 0.2) is 30.4 Å². The van der Waals surface area contributed by atoms with E-state index in [4.69, 9.17) is 9.47 Å². The summed E-state index contributed by atoms with van der Waals surface area (Å²) in [4.78, 5) is 19.3. The van der Waals surface area contributed by atoms with Crippen molar-refractivity contribution in [3.05, 3.63) is 35.9 Å². The van der Waals surface area contributed by atoms with Crippen LogP contribution >= 0.6 is 0 Å². The molecule has 0 radical (unpaired) electrons. The molecule has 1 aromatic carbocycles. The Balaban J connectivity index is 1.92. The molecule has 3 aliphatic rings. The zero-order chi connectivity index (χ0) is 17.8. The lowest BCUT2D eigenvalue weighted by atomic mass is 9.66. The Morgan fingerprint density at radius 2 is 2.16 bits per heavy atom. The van der Waals surface area contributed by atoms with Gasteiger partial charge in [0, 0.05) is 12.0 Å².